The summed E-state index contributed by atoms with van der Waals surface area (Å²) < 4.78 is 39.0. The fourth-order valence-corrected chi connectivity index (χ4v) is 1.96. The van der Waals surface area contributed by atoms with Crippen molar-refractivity contribution in [3.8, 4) is 11.1 Å². The number of rotatable bonds is 3. The molecule has 0 radical (unpaired) electrons. The van der Waals surface area contributed by atoms with Crippen LogP contribution >= 0.6 is 0 Å². The highest BCUT2D eigenvalue weighted by Crippen LogP contribution is 2.36. The number of aromatic nitrogens is 1. The molecule has 2 aromatic rings. The molecule has 1 aromatic carbocycles. The van der Waals surface area contributed by atoms with Crippen LogP contribution in [0.5, 0.6) is 0 Å². The van der Waals surface area contributed by atoms with Gasteiger partial charge in [0.2, 0.25) is 0 Å². The summed E-state index contributed by atoms with van der Waals surface area (Å²) in [6.45, 7) is 2.19. The van der Waals surface area contributed by atoms with E-state index in [9.17, 15) is 18.0 Å². The Kier molecular flexibility index (Phi) is 4.26. The summed E-state index contributed by atoms with van der Waals surface area (Å²) in [5, 5.41) is 2.58. The first kappa shape index (κ1) is 15.0. The van der Waals surface area contributed by atoms with E-state index in [0.717, 1.165) is 6.07 Å². The third-order valence-electron chi connectivity index (χ3n) is 2.88. The average molecular weight is 294 g/mol. The molecule has 1 amide bonds. The molecule has 0 spiro atoms. The molecule has 0 aliphatic heterocycles. The molecule has 0 atom stereocenters. The lowest BCUT2D eigenvalue weighted by molar-refractivity contribution is -0.137. The molecule has 0 aliphatic rings. The zero-order chi connectivity index (χ0) is 15.5. The fraction of sp³-hybridized carbons (Fsp3) is 0.200. The normalized spacial score (nSPS) is 11.2. The maximum atomic E-state index is 13.0. The molecular weight excluding hydrogens is 281 g/mol. The second kappa shape index (κ2) is 5.95. The van der Waals surface area contributed by atoms with Crippen molar-refractivity contribution < 1.29 is 18.0 Å². The largest absolute Gasteiger partial charge is 0.417 e. The van der Waals surface area contributed by atoms with Crippen molar-refractivity contribution in [2.45, 2.75) is 13.1 Å². The van der Waals surface area contributed by atoms with Crippen LogP contribution in [0.4, 0.5) is 13.2 Å². The molecular formula is C15H13F3N2O. The maximum absolute atomic E-state index is 13.0. The van der Waals surface area contributed by atoms with Gasteiger partial charge in [-0.1, -0.05) is 18.2 Å². The first-order valence-corrected chi connectivity index (χ1v) is 6.33. The molecule has 1 heterocycles. The minimum atomic E-state index is -4.46. The van der Waals surface area contributed by atoms with Crippen LogP contribution in [-0.2, 0) is 6.18 Å². The van der Waals surface area contributed by atoms with Gasteiger partial charge in [0, 0.05) is 24.5 Å². The van der Waals surface area contributed by atoms with E-state index >= 15 is 0 Å². The summed E-state index contributed by atoms with van der Waals surface area (Å²) in [5.74, 6) is -0.365. The van der Waals surface area contributed by atoms with Crippen LogP contribution in [0.25, 0.3) is 11.1 Å². The number of hydrogen-bond acceptors (Lipinski definition) is 2. The van der Waals surface area contributed by atoms with Gasteiger partial charge in [-0.05, 0) is 24.6 Å². The van der Waals surface area contributed by atoms with Crippen LogP contribution in [0.1, 0.15) is 22.8 Å². The van der Waals surface area contributed by atoms with Crippen molar-refractivity contribution in [1.29, 1.82) is 0 Å². The number of hydrogen-bond donors (Lipinski definition) is 1. The standard InChI is InChI=1S/C15H13F3N2O/c1-2-20-14(21)11-7-10(8-19-9-11)12-5-3-4-6-13(12)15(16,17)18/h3-9H,2H2,1H3,(H,20,21). The predicted molar refractivity (Wildman–Crippen MR) is 72.7 cm³/mol. The Bertz CT molecular complexity index is 653. The maximum Gasteiger partial charge on any atom is 0.417 e. The molecule has 21 heavy (non-hydrogen) atoms. The molecule has 1 N–H and O–H groups in total. The monoisotopic (exact) mass is 294 g/mol. The van der Waals surface area contributed by atoms with E-state index in [0.29, 0.717) is 6.54 Å². The van der Waals surface area contributed by atoms with Crippen LogP contribution in [0.15, 0.2) is 42.7 Å². The summed E-state index contributed by atoms with van der Waals surface area (Å²) in [4.78, 5) is 15.6. The molecule has 2 rings (SSSR count). The number of benzene rings is 1. The Balaban J connectivity index is 2.49. The Labute approximate surface area is 119 Å². The topological polar surface area (TPSA) is 42.0 Å². The van der Waals surface area contributed by atoms with Gasteiger partial charge < -0.3 is 5.32 Å². The van der Waals surface area contributed by atoms with Crippen molar-refractivity contribution in [3.63, 3.8) is 0 Å². The van der Waals surface area contributed by atoms with Crippen LogP contribution < -0.4 is 5.32 Å². The SMILES string of the molecule is CCNC(=O)c1cncc(-c2ccccc2C(F)(F)F)c1. The number of pyridine rings is 1. The van der Waals surface area contributed by atoms with Gasteiger partial charge in [0.1, 0.15) is 0 Å². The fourth-order valence-electron chi connectivity index (χ4n) is 1.96. The van der Waals surface area contributed by atoms with E-state index < -0.39 is 11.7 Å². The van der Waals surface area contributed by atoms with Crippen molar-refractivity contribution in [2.24, 2.45) is 0 Å². The van der Waals surface area contributed by atoms with E-state index in [1.807, 2.05) is 0 Å². The van der Waals surface area contributed by atoms with E-state index in [1.165, 1.54) is 36.7 Å². The molecule has 0 unspecified atom stereocenters. The minimum Gasteiger partial charge on any atom is -0.352 e. The van der Waals surface area contributed by atoms with E-state index in [-0.39, 0.29) is 22.6 Å². The summed E-state index contributed by atoms with van der Waals surface area (Å²) in [6, 6.07) is 6.62. The lowest BCUT2D eigenvalue weighted by atomic mass is 9.99. The van der Waals surface area contributed by atoms with E-state index in [4.69, 9.17) is 0 Å². The Hall–Kier alpha value is -2.37. The van der Waals surface area contributed by atoms with Crippen molar-refractivity contribution in [2.75, 3.05) is 6.54 Å². The molecule has 110 valence electrons. The average Bonchev–Trinajstić information content (AvgIpc) is 2.47. The molecule has 0 fully saturated rings. The van der Waals surface area contributed by atoms with Gasteiger partial charge in [0.05, 0.1) is 11.1 Å². The molecule has 0 aliphatic carbocycles. The lowest BCUT2D eigenvalue weighted by Crippen LogP contribution is -2.22. The number of nitrogens with zero attached hydrogens (tertiary/aromatic N) is 1. The first-order valence-electron chi connectivity index (χ1n) is 6.33. The van der Waals surface area contributed by atoms with E-state index in [2.05, 4.69) is 10.3 Å². The zero-order valence-corrected chi connectivity index (χ0v) is 11.2. The van der Waals surface area contributed by atoms with E-state index in [1.54, 1.807) is 6.92 Å². The number of halogens is 3. The Morgan fingerprint density at radius 2 is 1.95 bits per heavy atom. The number of carbonyl (C=O) groups excluding carboxylic acids is 1. The molecule has 6 heteroatoms. The van der Waals surface area contributed by atoms with Gasteiger partial charge >= 0.3 is 6.18 Å². The molecule has 0 bridgehead atoms. The number of amides is 1. The summed E-state index contributed by atoms with van der Waals surface area (Å²) in [7, 11) is 0. The highest BCUT2D eigenvalue weighted by atomic mass is 19.4. The molecule has 1 aromatic heterocycles. The van der Waals surface area contributed by atoms with Crippen molar-refractivity contribution >= 4 is 5.91 Å². The van der Waals surface area contributed by atoms with Gasteiger partial charge in [-0.2, -0.15) is 13.2 Å². The molecule has 0 saturated heterocycles. The Morgan fingerprint density at radius 3 is 2.62 bits per heavy atom. The van der Waals surface area contributed by atoms with Gasteiger partial charge in [-0.15, -0.1) is 0 Å². The van der Waals surface area contributed by atoms with Gasteiger partial charge in [0.25, 0.3) is 5.91 Å². The summed E-state index contributed by atoms with van der Waals surface area (Å²) in [5.41, 5.74) is -0.262. The summed E-state index contributed by atoms with van der Waals surface area (Å²) >= 11 is 0. The van der Waals surface area contributed by atoms with Gasteiger partial charge in [0.15, 0.2) is 0 Å². The zero-order valence-electron chi connectivity index (χ0n) is 11.2. The third-order valence-corrected chi connectivity index (χ3v) is 2.88. The molecule has 3 nitrogen and oxygen atoms in total. The number of alkyl halides is 3. The minimum absolute atomic E-state index is 0.00338. The number of carbonyl (C=O) groups is 1. The van der Waals surface area contributed by atoms with Crippen molar-refractivity contribution in [1.82, 2.24) is 10.3 Å². The van der Waals surface area contributed by atoms with Gasteiger partial charge in [-0.25, -0.2) is 0 Å². The van der Waals surface area contributed by atoms with Crippen molar-refractivity contribution in [3.05, 3.63) is 53.9 Å². The first-order chi connectivity index (χ1) is 9.93. The highest BCUT2D eigenvalue weighted by molar-refractivity contribution is 5.95. The number of nitrogens with one attached hydrogen (secondary N) is 1. The Morgan fingerprint density at radius 1 is 1.24 bits per heavy atom. The van der Waals surface area contributed by atoms with Crippen LogP contribution in [0.2, 0.25) is 0 Å². The quantitative estimate of drug-likeness (QED) is 0.941. The van der Waals surface area contributed by atoms with Gasteiger partial charge in [-0.3, -0.25) is 9.78 Å². The van der Waals surface area contributed by atoms with Crippen LogP contribution in [0.3, 0.4) is 0 Å². The highest BCUT2D eigenvalue weighted by Gasteiger charge is 2.33. The predicted octanol–water partition coefficient (Wildman–Crippen LogP) is 3.52. The second-order valence-corrected chi connectivity index (χ2v) is 4.37. The smallest absolute Gasteiger partial charge is 0.352 e. The summed E-state index contributed by atoms with van der Waals surface area (Å²) in [6.07, 6.45) is -1.82. The van der Waals surface area contributed by atoms with Crippen LogP contribution in [-0.4, -0.2) is 17.4 Å². The third kappa shape index (κ3) is 3.39. The molecule has 0 saturated carbocycles. The second-order valence-electron chi connectivity index (χ2n) is 4.37. The van der Waals surface area contributed by atoms with Crippen LogP contribution in [0, 0.1) is 0 Å². The lowest BCUT2D eigenvalue weighted by Gasteiger charge is -2.13.